The minimum Gasteiger partial charge on any atom is -0.494 e. The number of methoxy groups -OCH3 is 1. The lowest BCUT2D eigenvalue weighted by atomic mass is 10.1. The van der Waals surface area contributed by atoms with Crippen molar-refractivity contribution in [1.82, 2.24) is 9.88 Å². The molecule has 0 saturated heterocycles. The molecule has 178 valence electrons. The summed E-state index contributed by atoms with van der Waals surface area (Å²) in [4.78, 5) is 32.5. The molecule has 0 saturated carbocycles. The molecule has 0 spiro atoms. The zero-order chi connectivity index (χ0) is 23.4. The second kappa shape index (κ2) is 11.8. The van der Waals surface area contributed by atoms with Gasteiger partial charge in [0.15, 0.2) is 5.13 Å². The van der Waals surface area contributed by atoms with Crippen molar-refractivity contribution < 1.29 is 14.5 Å². The van der Waals surface area contributed by atoms with Crippen LogP contribution in [0, 0.1) is 10.1 Å². The number of non-ortho nitro benzene ring substituents is 1. The first-order chi connectivity index (χ1) is 15.3. The van der Waals surface area contributed by atoms with Crippen LogP contribution >= 0.6 is 46.9 Å². The minimum absolute atomic E-state index is 0. The van der Waals surface area contributed by atoms with Gasteiger partial charge in [-0.3, -0.25) is 19.8 Å². The first kappa shape index (κ1) is 27.1. The topological polar surface area (TPSA) is 88.8 Å². The van der Waals surface area contributed by atoms with Crippen molar-refractivity contribution in [2.75, 3.05) is 38.2 Å². The molecule has 3 aromatic rings. The Hall–Kier alpha value is -2.17. The number of ether oxygens (including phenoxy) is 1. The molecule has 0 N–H and O–H groups in total. The fourth-order valence-electron chi connectivity index (χ4n) is 3.22. The van der Waals surface area contributed by atoms with E-state index in [1.54, 1.807) is 12.1 Å². The van der Waals surface area contributed by atoms with Gasteiger partial charge in [0.2, 0.25) is 0 Å². The van der Waals surface area contributed by atoms with Gasteiger partial charge in [0.05, 0.1) is 32.3 Å². The highest BCUT2D eigenvalue weighted by atomic mass is 35.5. The van der Waals surface area contributed by atoms with Crippen LogP contribution in [0.15, 0.2) is 30.3 Å². The van der Waals surface area contributed by atoms with Crippen molar-refractivity contribution in [3.8, 4) is 5.75 Å². The normalized spacial score (nSPS) is 10.8. The Morgan fingerprint density at radius 3 is 2.42 bits per heavy atom. The highest BCUT2D eigenvalue weighted by Gasteiger charge is 2.26. The van der Waals surface area contributed by atoms with E-state index in [1.807, 2.05) is 13.8 Å². The average molecular weight is 534 g/mol. The van der Waals surface area contributed by atoms with Crippen LogP contribution in [-0.2, 0) is 0 Å². The number of hydrogen-bond donors (Lipinski definition) is 0. The van der Waals surface area contributed by atoms with Crippen molar-refractivity contribution in [1.29, 1.82) is 0 Å². The standard InChI is InChI=1S/C21H22Cl2N4O4S.ClH/c1-4-25(5-2)10-11-26(20(28)14-12-13(27(29)30)6-7-15(14)22)21-24-18-17(31-3)9-8-16(23)19(18)32-21;/h6-9,12H,4-5,10-11H2,1-3H3;1H. The summed E-state index contributed by atoms with van der Waals surface area (Å²) in [7, 11) is 1.54. The maximum absolute atomic E-state index is 13.5. The zero-order valence-electron chi connectivity index (χ0n) is 18.2. The Morgan fingerprint density at radius 2 is 1.82 bits per heavy atom. The molecule has 0 atom stereocenters. The molecule has 0 aliphatic rings. The van der Waals surface area contributed by atoms with Gasteiger partial charge in [-0.25, -0.2) is 4.98 Å². The van der Waals surface area contributed by atoms with Gasteiger partial charge < -0.3 is 9.64 Å². The van der Waals surface area contributed by atoms with E-state index in [4.69, 9.17) is 27.9 Å². The van der Waals surface area contributed by atoms with Gasteiger partial charge >= 0.3 is 0 Å². The Morgan fingerprint density at radius 1 is 1.15 bits per heavy atom. The van der Waals surface area contributed by atoms with E-state index < -0.39 is 10.8 Å². The summed E-state index contributed by atoms with van der Waals surface area (Å²) in [5.74, 6) is 0.0661. The smallest absolute Gasteiger partial charge is 0.270 e. The number of nitrogens with zero attached hydrogens (tertiary/aromatic N) is 4. The number of thiazole rings is 1. The van der Waals surface area contributed by atoms with E-state index in [2.05, 4.69) is 9.88 Å². The number of aromatic nitrogens is 1. The monoisotopic (exact) mass is 532 g/mol. The Kier molecular flexibility index (Phi) is 9.69. The number of amides is 1. The van der Waals surface area contributed by atoms with Gasteiger partial charge in [-0.2, -0.15) is 0 Å². The van der Waals surface area contributed by atoms with Crippen LogP contribution in [0.2, 0.25) is 10.0 Å². The van der Waals surface area contributed by atoms with Crippen LogP contribution in [0.4, 0.5) is 10.8 Å². The molecular formula is C21H23Cl3N4O4S. The number of hydrogen-bond acceptors (Lipinski definition) is 7. The van der Waals surface area contributed by atoms with E-state index in [0.29, 0.717) is 39.2 Å². The third-order valence-corrected chi connectivity index (χ3v) is 6.94. The Balaban J connectivity index is 0.00000385. The van der Waals surface area contributed by atoms with Crippen LogP contribution in [0.3, 0.4) is 0 Å². The third-order valence-electron chi connectivity index (χ3n) is 5.07. The number of halogens is 3. The summed E-state index contributed by atoms with van der Waals surface area (Å²) >= 11 is 13.9. The van der Waals surface area contributed by atoms with Gasteiger partial charge in [-0.05, 0) is 31.3 Å². The zero-order valence-corrected chi connectivity index (χ0v) is 21.4. The van der Waals surface area contributed by atoms with Crippen LogP contribution in [0.5, 0.6) is 5.75 Å². The molecule has 3 rings (SSSR count). The first-order valence-corrected chi connectivity index (χ1v) is 11.5. The molecule has 12 heteroatoms. The van der Waals surface area contributed by atoms with E-state index in [0.717, 1.165) is 13.1 Å². The summed E-state index contributed by atoms with van der Waals surface area (Å²) in [6, 6.07) is 7.24. The van der Waals surface area contributed by atoms with Crippen LogP contribution in [0.25, 0.3) is 10.2 Å². The molecule has 1 aromatic heterocycles. The van der Waals surface area contributed by atoms with Crippen LogP contribution in [-0.4, -0.2) is 54.0 Å². The number of nitro benzene ring substituents is 1. The van der Waals surface area contributed by atoms with E-state index in [-0.39, 0.29) is 28.7 Å². The molecular weight excluding hydrogens is 511 g/mol. The van der Waals surface area contributed by atoms with Gasteiger partial charge in [-0.15, -0.1) is 12.4 Å². The fraction of sp³-hybridized carbons (Fsp3) is 0.333. The van der Waals surface area contributed by atoms with E-state index in [9.17, 15) is 14.9 Å². The van der Waals surface area contributed by atoms with Crippen LogP contribution in [0.1, 0.15) is 24.2 Å². The molecule has 8 nitrogen and oxygen atoms in total. The summed E-state index contributed by atoms with van der Waals surface area (Å²) in [6.45, 7) is 6.61. The molecule has 0 fully saturated rings. The quantitative estimate of drug-likeness (QED) is 0.250. The number of nitro groups is 1. The number of rotatable bonds is 9. The van der Waals surface area contributed by atoms with Gasteiger partial charge in [-0.1, -0.05) is 48.4 Å². The van der Waals surface area contributed by atoms with Crippen molar-refractivity contribution in [3.05, 3.63) is 56.1 Å². The number of fused-ring (bicyclic) bond motifs is 1. The van der Waals surface area contributed by atoms with Crippen molar-refractivity contribution in [2.45, 2.75) is 13.8 Å². The van der Waals surface area contributed by atoms with Gasteiger partial charge in [0, 0.05) is 25.2 Å². The predicted octanol–water partition coefficient (Wildman–Crippen LogP) is 5.93. The molecule has 2 aromatic carbocycles. The summed E-state index contributed by atoms with van der Waals surface area (Å²) in [5.41, 5.74) is 0.374. The molecule has 0 radical (unpaired) electrons. The number of anilines is 1. The average Bonchev–Trinajstić information content (AvgIpc) is 3.23. The number of likely N-dealkylation sites (N-methyl/N-ethyl adjacent to an activating group) is 1. The Labute approximate surface area is 211 Å². The molecule has 1 heterocycles. The SMILES string of the molecule is CCN(CC)CCN(C(=O)c1cc([N+](=O)[O-])ccc1Cl)c1nc2c(OC)ccc(Cl)c2s1.Cl. The highest BCUT2D eigenvalue weighted by molar-refractivity contribution is 7.23. The lowest BCUT2D eigenvalue weighted by molar-refractivity contribution is -0.384. The molecule has 33 heavy (non-hydrogen) atoms. The van der Waals surface area contributed by atoms with Crippen molar-refractivity contribution in [2.24, 2.45) is 0 Å². The van der Waals surface area contributed by atoms with E-state index >= 15 is 0 Å². The predicted molar refractivity (Wildman–Crippen MR) is 136 cm³/mol. The molecule has 0 aliphatic heterocycles. The molecule has 1 amide bonds. The van der Waals surface area contributed by atoms with Crippen LogP contribution < -0.4 is 9.64 Å². The maximum Gasteiger partial charge on any atom is 0.270 e. The second-order valence-electron chi connectivity index (χ2n) is 6.83. The van der Waals surface area contributed by atoms with Gasteiger partial charge in [0.1, 0.15) is 11.3 Å². The summed E-state index contributed by atoms with van der Waals surface area (Å²) < 4.78 is 6.08. The number of carbonyl (C=O) groups is 1. The van der Waals surface area contributed by atoms with E-state index in [1.165, 1.54) is 41.5 Å². The number of carbonyl (C=O) groups excluding carboxylic acids is 1. The lowest BCUT2D eigenvalue weighted by Gasteiger charge is -2.25. The lowest BCUT2D eigenvalue weighted by Crippen LogP contribution is -2.39. The van der Waals surface area contributed by atoms with Crippen molar-refractivity contribution >= 4 is 73.9 Å². The Bertz CT molecular complexity index is 1150. The largest absolute Gasteiger partial charge is 0.494 e. The third kappa shape index (κ3) is 5.85. The van der Waals surface area contributed by atoms with Gasteiger partial charge in [0.25, 0.3) is 11.6 Å². The molecule has 0 aliphatic carbocycles. The molecule has 0 unspecified atom stereocenters. The fourth-order valence-corrected chi connectivity index (χ4v) is 4.70. The second-order valence-corrected chi connectivity index (χ2v) is 8.62. The highest BCUT2D eigenvalue weighted by Crippen LogP contribution is 2.39. The number of benzene rings is 2. The maximum atomic E-state index is 13.5. The summed E-state index contributed by atoms with van der Waals surface area (Å²) in [6.07, 6.45) is 0. The summed E-state index contributed by atoms with van der Waals surface area (Å²) in [5, 5.41) is 12.3. The molecule has 0 bridgehead atoms. The first-order valence-electron chi connectivity index (χ1n) is 9.91. The minimum atomic E-state index is -0.560. The van der Waals surface area contributed by atoms with Crippen molar-refractivity contribution in [3.63, 3.8) is 0 Å².